The number of fused-ring (bicyclic) bond motifs is 3. The van der Waals surface area contributed by atoms with Crippen molar-refractivity contribution < 1.29 is 0 Å². The van der Waals surface area contributed by atoms with Crippen molar-refractivity contribution in [3.63, 3.8) is 0 Å². The molecule has 10 heteroatoms. The Morgan fingerprint density at radius 2 is 1.86 bits per heavy atom. The molecule has 8 nitrogen and oxygen atoms in total. The molecule has 0 aliphatic carbocycles. The van der Waals surface area contributed by atoms with E-state index in [9.17, 15) is 9.59 Å². The van der Waals surface area contributed by atoms with E-state index in [-0.39, 0.29) is 11.6 Å². The zero-order valence-corrected chi connectivity index (χ0v) is 17.3. The quantitative estimate of drug-likeness (QED) is 0.638. The van der Waals surface area contributed by atoms with Crippen molar-refractivity contribution in [3.05, 3.63) is 54.6 Å². The molecule has 0 radical (unpaired) electrons. The van der Waals surface area contributed by atoms with Gasteiger partial charge in [-0.15, -0.1) is 0 Å². The number of nitrogens with zero attached hydrogens (tertiary/aromatic N) is 6. The summed E-state index contributed by atoms with van der Waals surface area (Å²) in [5.41, 5.74) is 1.51. The number of aromatic nitrogens is 4. The van der Waals surface area contributed by atoms with Crippen molar-refractivity contribution in [2.75, 3.05) is 5.01 Å². The van der Waals surface area contributed by atoms with Gasteiger partial charge < -0.3 is 0 Å². The van der Waals surface area contributed by atoms with Crippen LogP contribution in [0.15, 0.2) is 32.9 Å². The van der Waals surface area contributed by atoms with Gasteiger partial charge in [0.1, 0.15) is 0 Å². The number of hydrazone groups is 1. The summed E-state index contributed by atoms with van der Waals surface area (Å²) >= 11 is 12.3. The minimum absolute atomic E-state index is 0.179. The first kappa shape index (κ1) is 18.8. The summed E-state index contributed by atoms with van der Waals surface area (Å²) in [4.78, 5) is 29.7. The Balaban J connectivity index is 1.96. The molecule has 1 aliphatic heterocycles. The molecule has 4 rings (SSSR count). The van der Waals surface area contributed by atoms with Crippen LogP contribution in [0.3, 0.4) is 0 Å². The second-order valence-electron chi connectivity index (χ2n) is 6.87. The highest BCUT2D eigenvalue weighted by atomic mass is 35.5. The monoisotopic (exact) mass is 420 g/mol. The summed E-state index contributed by atoms with van der Waals surface area (Å²) in [5.74, 6) is 0.484. The van der Waals surface area contributed by atoms with Crippen LogP contribution in [0, 0.1) is 0 Å². The van der Waals surface area contributed by atoms with E-state index in [1.54, 1.807) is 24.2 Å². The number of imidazole rings is 1. The van der Waals surface area contributed by atoms with Gasteiger partial charge in [-0.05, 0) is 31.5 Å². The SMILES string of the molecule is CC1=NN(Cc2ccc(Cl)cc2Cl)c2nc3c(c(=O)n(C)c(=O)n3C)n2[C@H]1C. The molecule has 3 aromatic rings. The molecule has 0 saturated heterocycles. The number of aryl methyl sites for hydroxylation is 1. The summed E-state index contributed by atoms with van der Waals surface area (Å²) in [6.45, 7) is 4.18. The number of hydrogen-bond acceptors (Lipinski definition) is 5. The molecule has 0 N–H and O–H groups in total. The number of benzene rings is 1. The van der Waals surface area contributed by atoms with Gasteiger partial charge in [-0.3, -0.25) is 18.5 Å². The van der Waals surface area contributed by atoms with Gasteiger partial charge in [0.15, 0.2) is 11.2 Å². The zero-order chi connectivity index (χ0) is 20.3. The van der Waals surface area contributed by atoms with Crippen LogP contribution in [0.4, 0.5) is 5.95 Å². The lowest BCUT2D eigenvalue weighted by Gasteiger charge is -2.29. The highest BCUT2D eigenvalue weighted by molar-refractivity contribution is 6.35. The first-order valence-electron chi connectivity index (χ1n) is 8.65. The molecule has 1 atom stereocenters. The van der Waals surface area contributed by atoms with Gasteiger partial charge in [0.25, 0.3) is 5.56 Å². The van der Waals surface area contributed by atoms with E-state index in [0.717, 1.165) is 15.8 Å². The Morgan fingerprint density at radius 3 is 2.54 bits per heavy atom. The Labute approximate surface area is 170 Å². The summed E-state index contributed by atoms with van der Waals surface area (Å²) in [6.07, 6.45) is 0. The molecule has 1 aromatic carbocycles. The molecule has 3 heterocycles. The molecule has 2 aromatic heterocycles. The van der Waals surface area contributed by atoms with Crippen molar-refractivity contribution in [1.82, 2.24) is 18.7 Å². The van der Waals surface area contributed by atoms with E-state index in [4.69, 9.17) is 23.2 Å². The number of hydrogen-bond donors (Lipinski definition) is 0. The maximum atomic E-state index is 12.8. The largest absolute Gasteiger partial charge is 0.332 e. The van der Waals surface area contributed by atoms with E-state index in [0.29, 0.717) is 33.7 Å². The van der Waals surface area contributed by atoms with Crippen LogP contribution in [-0.2, 0) is 20.6 Å². The van der Waals surface area contributed by atoms with Gasteiger partial charge in [0, 0.05) is 24.1 Å². The van der Waals surface area contributed by atoms with Crippen LogP contribution in [-0.4, -0.2) is 24.4 Å². The third-order valence-electron chi connectivity index (χ3n) is 5.11. The van der Waals surface area contributed by atoms with Crippen molar-refractivity contribution in [2.45, 2.75) is 26.4 Å². The van der Waals surface area contributed by atoms with Gasteiger partial charge in [-0.1, -0.05) is 29.3 Å². The van der Waals surface area contributed by atoms with E-state index in [1.807, 2.05) is 24.5 Å². The molecular formula is C18H18Cl2N6O2. The van der Waals surface area contributed by atoms with Crippen LogP contribution in [0.1, 0.15) is 25.5 Å². The fourth-order valence-electron chi connectivity index (χ4n) is 3.37. The van der Waals surface area contributed by atoms with Crippen molar-refractivity contribution in [2.24, 2.45) is 19.2 Å². The molecular weight excluding hydrogens is 403 g/mol. The summed E-state index contributed by atoms with van der Waals surface area (Å²) in [7, 11) is 3.06. The first-order valence-corrected chi connectivity index (χ1v) is 9.40. The van der Waals surface area contributed by atoms with Crippen LogP contribution in [0.5, 0.6) is 0 Å². The molecule has 1 aliphatic rings. The van der Waals surface area contributed by atoms with Crippen molar-refractivity contribution in [3.8, 4) is 0 Å². The smallest absolute Gasteiger partial charge is 0.294 e. The van der Waals surface area contributed by atoms with E-state index in [1.165, 1.54) is 11.6 Å². The Morgan fingerprint density at radius 1 is 1.14 bits per heavy atom. The normalized spacial score (nSPS) is 16.4. The van der Waals surface area contributed by atoms with Crippen LogP contribution < -0.4 is 16.3 Å². The van der Waals surface area contributed by atoms with Crippen LogP contribution in [0.2, 0.25) is 10.0 Å². The third kappa shape index (κ3) is 2.67. The number of anilines is 1. The highest BCUT2D eigenvalue weighted by Gasteiger charge is 2.30. The van der Waals surface area contributed by atoms with Gasteiger partial charge in [0.2, 0.25) is 5.95 Å². The van der Waals surface area contributed by atoms with Gasteiger partial charge in [0.05, 0.1) is 18.3 Å². The lowest BCUT2D eigenvalue weighted by Crippen LogP contribution is -2.38. The number of rotatable bonds is 2. The van der Waals surface area contributed by atoms with Gasteiger partial charge in [-0.2, -0.15) is 10.1 Å². The average molecular weight is 421 g/mol. The van der Waals surface area contributed by atoms with E-state index < -0.39 is 5.69 Å². The maximum Gasteiger partial charge on any atom is 0.332 e. The average Bonchev–Trinajstić information content (AvgIpc) is 3.06. The zero-order valence-electron chi connectivity index (χ0n) is 15.8. The molecule has 0 unspecified atom stereocenters. The minimum atomic E-state index is -0.425. The second-order valence-corrected chi connectivity index (χ2v) is 7.71. The fraction of sp³-hybridized carbons (Fsp3) is 0.333. The molecule has 0 spiro atoms. The summed E-state index contributed by atoms with van der Waals surface area (Å²) < 4.78 is 4.28. The first-order chi connectivity index (χ1) is 13.2. The molecule has 0 fully saturated rings. The lowest BCUT2D eigenvalue weighted by atomic mass is 10.2. The van der Waals surface area contributed by atoms with Gasteiger partial charge >= 0.3 is 5.69 Å². The standard InChI is InChI=1S/C18H18Cl2N6O2/c1-9-10(2)26-14-15(23(3)18(28)24(4)16(14)27)21-17(26)25(22-9)8-11-5-6-12(19)7-13(11)20/h5-7,10H,8H2,1-4H3/t10-/m0/s1. The van der Waals surface area contributed by atoms with Crippen molar-refractivity contribution in [1.29, 1.82) is 0 Å². The molecule has 0 amide bonds. The molecule has 0 saturated carbocycles. The van der Waals surface area contributed by atoms with Crippen LogP contribution >= 0.6 is 23.2 Å². The fourth-order valence-corrected chi connectivity index (χ4v) is 3.84. The Hall–Kier alpha value is -2.58. The van der Waals surface area contributed by atoms with E-state index in [2.05, 4.69) is 10.1 Å². The molecule has 28 heavy (non-hydrogen) atoms. The van der Waals surface area contributed by atoms with Gasteiger partial charge in [-0.25, -0.2) is 9.80 Å². The van der Waals surface area contributed by atoms with Crippen LogP contribution in [0.25, 0.3) is 11.2 Å². The molecule has 146 valence electrons. The molecule has 0 bridgehead atoms. The maximum absolute atomic E-state index is 12.8. The lowest BCUT2D eigenvalue weighted by molar-refractivity contribution is 0.634. The third-order valence-corrected chi connectivity index (χ3v) is 5.70. The summed E-state index contributed by atoms with van der Waals surface area (Å²) in [5, 5.41) is 7.40. The van der Waals surface area contributed by atoms with E-state index >= 15 is 0 Å². The predicted molar refractivity (Wildman–Crippen MR) is 111 cm³/mol. The number of halogens is 2. The topological polar surface area (TPSA) is 77.4 Å². The van der Waals surface area contributed by atoms with Crippen molar-refractivity contribution >= 4 is 46.0 Å². The highest BCUT2D eigenvalue weighted by Crippen LogP contribution is 2.32. The second kappa shape index (κ2) is 6.49. The predicted octanol–water partition coefficient (Wildman–Crippen LogP) is 2.70. The minimum Gasteiger partial charge on any atom is -0.294 e. The Kier molecular flexibility index (Phi) is 4.35. The summed E-state index contributed by atoms with van der Waals surface area (Å²) in [6, 6.07) is 5.08. The Bertz CT molecular complexity index is 1270.